The Labute approximate surface area is 147 Å². The van der Waals surface area contributed by atoms with E-state index in [9.17, 15) is 14.9 Å². The number of anilines is 1. The minimum Gasteiger partial charge on any atom is -0.444 e. The molecule has 0 unspecified atom stereocenters. The predicted octanol–water partition coefficient (Wildman–Crippen LogP) is 4.73. The second kappa shape index (κ2) is 7.79. The van der Waals surface area contributed by atoms with Gasteiger partial charge in [-0.15, -0.1) is 0 Å². The van der Waals surface area contributed by atoms with Crippen LogP contribution in [0.3, 0.4) is 0 Å². The number of hydrogen-bond donors (Lipinski definition) is 1. The maximum atomic E-state index is 12.0. The molecule has 0 atom stereocenters. The number of hydrogen-bond acceptors (Lipinski definition) is 4. The average Bonchev–Trinajstić information content (AvgIpc) is 2.52. The van der Waals surface area contributed by atoms with E-state index < -0.39 is 11.7 Å². The summed E-state index contributed by atoms with van der Waals surface area (Å²) in [7, 11) is 0. The molecule has 2 aromatic rings. The Morgan fingerprint density at radius 3 is 2.24 bits per heavy atom. The monoisotopic (exact) mass is 342 g/mol. The number of nitrogens with zero attached hydrogens (tertiary/aromatic N) is 1. The first-order valence-corrected chi connectivity index (χ1v) is 8.06. The molecule has 0 bridgehead atoms. The van der Waals surface area contributed by atoms with E-state index in [2.05, 4.69) is 5.32 Å². The molecule has 6 nitrogen and oxygen atoms in total. The zero-order chi connectivity index (χ0) is 18.4. The highest BCUT2D eigenvalue weighted by atomic mass is 16.6. The average molecular weight is 342 g/mol. The molecule has 1 amide bonds. The summed E-state index contributed by atoms with van der Waals surface area (Å²) in [6.45, 7) is 5.40. The summed E-state index contributed by atoms with van der Waals surface area (Å²) in [5.41, 5.74) is 1.74. The summed E-state index contributed by atoms with van der Waals surface area (Å²) in [6.07, 6.45) is 0.548. The van der Waals surface area contributed by atoms with E-state index in [1.54, 1.807) is 45.0 Å². The van der Waals surface area contributed by atoms with E-state index in [0.717, 1.165) is 5.56 Å². The van der Waals surface area contributed by atoms with Gasteiger partial charge in [-0.2, -0.15) is 0 Å². The highest BCUT2D eigenvalue weighted by Crippen LogP contribution is 2.23. The van der Waals surface area contributed by atoms with Gasteiger partial charge in [-0.05, 0) is 45.2 Å². The Hall–Kier alpha value is -2.89. The minimum absolute atomic E-state index is 0.111. The lowest BCUT2D eigenvalue weighted by Crippen LogP contribution is -2.27. The zero-order valence-corrected chi connectivity index (χ0v) is 14.6. The van der Waals surface area contributed by atoms with Crippen LogP contribution in [-0.4, -0.2) is 16.6 Å². The first kappa shape index (κ1) is 18.4. The number of aryl methyl sites for hydroxylation is 2. The van der Waals surface area contributed by atoms with Gasteiger partial charge in [0.1, 0.15) is 5.60 Å². The van der Waals surface area contributed by atoms with Crippen molar-refractivity contribution >= 4 is 17.5 Å². The van der Waals surface area contributed by atoms with Crippen LogP contribution >= 0.6 is 0 Å². The van der Waals surface area contributed by atoms with Crippen LogP contribution in [0.25, 0.3) is 0 Å². The zero-order valence-electron chi connectivity index (χ0n) is 14.6. The summed E-state index contributed by atoms with van der Waals surface area (Å²) in [6, 6.07) is 14.1. The van der Waals surface area contributed by atoms with Gasteiger partial charge in [-0.25, -0.2) is 4.79 Å². The second-order valence-corrected chi connectivity index (χ2v) is 6.67. The molecule has 0 saturated carbocycles. The van der Waals surface area contributed by atoms with Crippen LogP contribution in [0.2, 0.25) is 0 Å². The summed E-state index contributed by atoms with van der Waals surface area (Å²) in [4.78, 5) is 22.7. The Morgan fingerprint density at radius 2 is 1.60 bits per heavy atom. The summed E-state index contributed by atoms with van der Waals surface area (Å²) in [5.74, 6) is 0. The van der Waals surface area contributed by atoms with Crippen molar-refractivity contribution in [3.05, 3.63) is 69.8 Å². The molecule has 0 aliphatic carbocycles. The lowest BCUT2D eigenvalue weighted by atomic mass is 10.0. The smallest absolute Gasteiger partial charge is 0.412 e. The van der Waals surface area contributed by atoms with Gasteiger partial charge in [0, 0.05) is 17.3 Å². The summed E-state index contributed by atoms with van der Waals surface area (Å²) >= 11 is 0. The van der Waals surface area contributed by atoms with Crippen LogP contribution in [0.15, 0.2) is 48.5 Å². The number of nitro benzene ring substituents is 1. The maximum Gasteiger partial charge on any atom is 0.412 e. The van der Waals surface area contributed by atoms with Crippen molar-refractivity contribution in [1.82, 2.24) is 0 Å². The third kappa shape index (κ3) is 5.60. The SMILES string of the molecule is CC(C)(C)OC(=O)Nc1ccccc1CCc1ccccc1[N+](=O)[O-]. The van der Waals surface area contributed by atoms with Crippen molar-refractivity contribution in [2.24, 2.45) is 0 Å². The van der Waals surface area contributed by atoms with Crippen LogP contribution in [0.1, 0.15) is 31.9 Å². The number of amides is 1. The van der Waals surface area contributed by atoms with Crippen molar-refractivity contribution in [3.8, 4) is 0 Å². The molecule has 1 N–H and O–H groups in total. The van der Waals surface area contributed by atoms with Crippen LogP contribution in [0, 0.1) is 10.1 Å². The number of rotatable bonds is 5. The van der Waals surface area contributed by atoms with Gasteiger partial charge in [0.2, 0.25) is 0 Å². The van der Waals surface area contributed by atoms with Crippen LogP contribution < -0.4 is 5.32 Å². The van der Waals surface area contributed by atoms with Crippen LogP contribution in [-0.2, 0) is 17.6 Å². The molecule has 132 valence electrons. The van der Waals surface area contributed by atoms with Gasteiger partial charge in [-0.3, -0.25) is 15.4 Å². The molecule has 0 radical (unpaired) electrons. The molecule has 0 saturated heterocycles. The van der Waals surface area contributed by atoms with Crippen molar-refractivity contribution in [2.45, 2.75) is 39.2 Å². The van der Waals surface area contributed by atoms with Gasteiger partial charge in [0.25, 0.3) is 5.69 Å². The molecule has 6 heteroatoms. The lowest BCUT2D eigenvalue weighted by Gasteiger charge is -2.20. The van der Waals surface area contributed by atoms with Gasteiger partial charge < -0.3 is 4.74 Å². The molecule has 0 aliphatic rings. The van der Waals surface area contributed by atoms with Crippen molar-refractivity contribution < 1.29 is 14.5 Å². The molecular formula is C19H22N2O4. The first-order chi connectivity index (χ1) is 11.8. The number of para-hydroxylation sites is 2. The fraction of sp³-hybridized carbons (Fsp3) is 0.316. The molecule has 0 aromatic heterocycles. The Balaban J connectivity index is 2.11. The topological polar surface area (TPSA) is 81.5 Å². The van der Waals surface area contributed by atoms with Crippen LogP contribution in [0.5, 0.6) is 0 Å². The highest BCUT2D eigenvalue weighted by Gasteiger charge is 2.17. The highest BCUT2D eigenvalue weighted by molar-refractivity contribution is 5.85. The molecular weight excluding hydrogens is 320 g/mol. The summed E-state index contributed by atoms with van der Waals surface area (Å²) < 4.78 is 5.27. The van der Waals surface area contributed by atoms with Gasteiger partial charge in [-0.1, -0.05) is 36.4 Å². The number of carbonyl (C=O) groups excluding carboxylic acids is 1. The number of nitro groups is 1. The third-order valence-electron chi connectivity index (χ3n) is 3.50. The van der Waals surface area contributed by atoms with E-state index in [1.807, 2.05) is 18.2 Å². The van der Waals surface area contributed by atoms with Gasteiger partial charge in [0.15, 0.2) is 0 Å². The standard InChI is InChI=1S/C19H22N2O4/c1-19(2,3)25-18(22)20-16-10-6-4-8-14(16)12-13-15-9-5-7-11-17(15)21(23)24/h4-11H,12-13H2,1-3H3,(H,20,22). The molecule has 0 fully saturated rings. The maximum absolute atomic E-state index is 12.0. The molecule has 0 heterocycles. The summed E-state index contributed by atoms with van der Waals surface area (Å²) in [5, 5.41) is 13.9. The number of carbonyl (C=O) groups is 1. The fourth-order valence-electron chi connectivity index (χ4n) is 2.44. The first-order valence-electron chi connectivity index (χ1n) is 8.06. The van der Waals surface area contributed by atoms with Gasteiger partial charge in [0.05, 0.1) is 4.92 Å². The normalized spacial score (nSPS) is 11.0. The lowest BCUT2D eigenvalue weighted by molar-refractivity contribution is -0.385. The quantitative estimate of drug-likeness (QED) is 0.629. The second-order valence-electron chi connectivity index (χ2n) is 6.67. The van der Waals surface area contributed by atoms with E-state index >= 15 is 0 Å². The van der Waals surface area contributed by atoms with E-state index in [1.165, 1.54) is 6.07 Å². The molecule has 25 heavy (non-hydrogen) atoms. The molecule has 0 aliphatic heterocycles. The van der Waals surface area contributed by atoms with Crippen LogP contribution in [0.4, 0.5) is 16.2 Å². The molecule has 2 aromatic carbocycles. The Bertz CT molecular complexity index is 766. The van der Waals surface area contributed by atoms with E-state index in [0.29, 0.717) is 24.1 Å². The van der Waals surface area contributed by atoms with Crippen molar-refractivity contribution in [2.75, 3.05) is 5.32 Å². The number of nitrogens with one attached hydrogen (secondary N) is 1. The fourth-order valence-corrected chi connectivity index (χ4v) is 2.44. The molecule has 0 spiro atoms. The molecule has 2 rings (SSSR count). The Kier molecular flexibility index (Phi) is 5.75. The van der Waals surface area contributed by atoms with E-state index in [4.69, 9.17) is 4.74 Å². The van der Waals surface area contributed by atoms with Crippen molar-refractivity contribution in [1.29, 1.82) is 0 Å². The largest absolute Gasteiger partial charge is 0.444 e. The van der Waals surface area contributed by atoms with Gasteiger partial charge >= 0.3 is 6.09 Å². The predicted molar refractivity (Wildman–Crippen MR) is 96.8 cm³/mol. The number of ether oxygens (including phenoxy) is 1. The van der Waals surface area contributed by atoms with E-state index in [-0.39, 0.29) is 10.6 Å². The third-order valence-corrected chi connectivity index (χ3v) is 3.50. The minimum atomic E-state index is -0.580. The number of benzene rings is 2. The Morgan fingerprint density at radius 1 is 1.04 bits per heavy atom. The van der Waals surface area contributed by atoms with Crippen molar-refractivity contribution in [3.63, 3.8) is 0 Å².